The Morgan fingerprint density at radius 3 is 2.58 bits per heavy atom. The number of aromatic nitrogens is 2. The number of nitrogens with one attached hydrogen (secondary N) is 1. The summed E-state index contributed by atoms with van der Waals surface area (Å²) in [6.07, 6.45) is 4.91. The lowest BCUT2D eigenvalue weighted by molar-refractivity contribution is 0.0958. The van der Waals surface area contributed by atoms with E-state index < -0.39 is 0 Å². The zero-order valence-corrected chi connectivity index (χ0v) is 14.0. The summed E-state index contributed by atoms with van der Waals surface area (Å²) in [4.78, 5) is 21.9. The number of anilines is 1. The molecule has 26 heavy (non-hydrogen) atoms. The van der Waals surface area contributed by atoms with Gasteiger partial charge < -0.3 is 9.40 Å². The molecule has 2 aromatic carbocycles. The van der Waals surface area contributed by atoms with E-state index in [1.807, 2.05) is 54.6 Å². The molecule has 0 radical (unpaired) electrons. The van der Waals surface area contributed by atoms with Gasteiger partial charge in [0.1, 0.15) is 5.82 Å². The Hall–Kier alpha value is -3.60. The Balaban J connectivity index is 1.73. The zero-order chi connectivity index (χ0) is 17.8. The van der Waals surface area contributed by atoms with Crippen LogP contribution < -0.4 is 4.90 Å². The lowest BCUT2D eigenvalue weighted by atomic mass is 10.0. The molecule has 0 saturated heterocycles. The van der Waals surface area contributed by atoms with Gasteiger partial charge in [-0.2, -0.15) is 0 Å². The van der Waals surface area contributed by atoms with Crippen LogP contribution in [0.25, 0.3) is 11.1 Å². The molecule has 128 valence electrons. The van der Waals surface area contributed by atoms with Gasteiger partial charge in [0.25, 0.3) is 5.91 Å². The number of benzene rings is 2. The first-order valence-corrected chi connectivity index (χ1v) is 8.30. The van der Waals surface area contributed by atoms with E-state index in [1.54, 1.807) is 29.4 Å². The second-order valence-corrected chi connectivity index (χ2v) is 5.82. The normalized spacial score (nSPS) is 10.6. The Kier molecular flexibility index (Phi) is 4.35. The standard InChI is InChI=1S/C21H17N3O2/c25-21(19-10-5-13-26-19)24(15-20-22-11-12-23-20)18-9-4-8-17(14-18)16-6-2-1-3-7-16/h1-14H,15H2,(H,22,23). The fourth-order valence-electron chi connectivity index (χ4n) is 2.83. The number of carbonyl (C=O) groups is 1. The van der Waals surface area contributed by atoms with Gasteiger partial charge in [0.05, 0.1) is 12.8 Å². The molecule has 0 saturated carbocycles. The van der Waals surface area contributed by atoms with E-state index in [-0.39, 0.29) is 5.91 Å². The molecule has 0 bridgehead atoms. The van der Waals surface area contributed by atoms with Gasteiger partial charge in [0, 0.05) is 18.1 Å². The minimum Gasteiger partial charge on any atom is -0.459 e. The molecule has 2 aromatic heterocycles. The molecular weight excluding hydrogens is 326 g/mol. The first kappa shape index (κ1) is 15.9. The summed E-state index contributed by atoms with van der Waals surface area (Å²) < 4.78 is 5.31. The highest BCUT2D eigenvalue weighted by Crippen LogP contribution is 2.26. The van der Waals surface area contributed by atoms with Gasteiger partial charge in [-0.3, -0.25) is 9.69 Å². The quantitative estimate of drug-likeness (QED) is 0.580. The lowest BCUT2D eigenvalue weighted by Crippen LogP contribution is -2.30. The van der Waals surface area contributed by atoms with E-state index in [0.29, 0.717) is 18.1 Å². The molecule has 4 rings (SSSR count). The molecular formula is C21H17N3O2. The van der Waals surface area contributed by atoms with E-state index in [1.165, 1.54) is 6.26 Å². The molecule has 5 heteroatoms. The van der Waals surface area contributed by atoms with Crippen molar-refractivity contribution in [1.82, 2.24) is 9.97 Å². The predicted octanol–water partition coefficient (Wildman–Crippen LogP) is 4.52. The SMILES string of the molecule is O=C(c1ccco1)N(Cc1ncc[nH]1)c1cccc(-c2ccccc2)c1. The fourth-order valence-corrected chi connectivity index (χ4v) is 2.83. The largest absolute Gasteiger partial charge is 0.459 e. The predicted molar refractivity (Wildman–Crippen MR) is 99.7 cm³/mol. The van der Waals surface area contributed by atoms with Gasteiger partial charge in [-0.1, -0.05) is 42.5 Å². The number of rotatable bonds is 5. The third-order valence-corrected chi connectivity index (χ3v) is 4.10. The van der Waals surface area contributed by atoms with Crippen molar-refractivity contribution < 1.29 is 9.21 Å². The second-order valence-electron chi connectivity index (χ2n) is 5.82. The van der Waals surface area contributed by atoms with E-state index in [9.17, 15) is 4.79 Å². The van der Waals surface area contributed by atoms with Crippen LogP contribution in [-0.4, -0.2) is 15.9 Å². The zero-order valence-electron chi connectivity index (χ0n) is 14.0. The van der Waals surface area contributed by atoms with Crippen LogP contribution in [0, 0.1) is 0 Å². The first-order chi connectivity index (χ1) is 12.8. The van der Waals surface area contributed by atoms with Gasteiger partial charge in [0.15, 0.2) is 5.76 Å². The molecule has 0 atom stereocenters. The Morgan fingerprint density at radius 1 is 1.00 bits per heavy atom. The van der Waals surface area contributed by atoms with Crippen LogP contribution in [-0.2, 0) is 6.54 Å². The Labute approximate surface area is 150 Å². The van der Waals surface area contributed by atoms with Gasteiger partial charge >= 0.3 is 0 Å². The number of nitrogens with zero attached hydrogens (tertiary/aromatic N) is 2. The van der Waals surface area contributed by atoms with Crippen molar-refractivity contribution in [2.45, 2.75) is 6.54 Å². The summed E-state index contributed by atoms with van der Waals surface area (Å²) in [7, 11) is 0. The summed E-state index contributed by atoms with van der Waals surface area (Å²) in [5.41, 5.74) is 2.92. The Bertz CT molecular complexity index is 977. The average Bonchev–Trinajstić information content (AvgIpc) is 3.40. The highest BCUT2D eigenvalue weighted by Gasteiger charge is 2.21. The number of aromatic amines is 1. The summed E-state index contributed by atoms with van der Waals surface area (Å²) in [5, 5.41) is 0. The third kappa shape index (κ3) is 3.28. The number of carbonyl (C=O) groups excluding carboxylic acids is 1. The van der Waals surface area contributed by atoms with Gasteiger partial charge in [-0.05, 0) is 35.4 Å². The molecule has 0 aliphatic heterocycles. The highest BCUT2D eigenvalue weighted by atomic mass is 16.3. The molecule has 0 aliphatic carbocycles. The van der Waals surface area contributed by atoms with Crippen molar-refractivity contribution >= 4 is 11.6 Å². The topological polar surface area (TPSA) is 62.1 Å². The minimum absolute atomic E-state index is 0.211. The van der Waals surface area contributed by atoms with Gasteiger partial charge in [-0.25, -0.2) is 4.98 Å². The monoisotopic (exact) mass is 343 g/mol. The molecule has 5 nitrogen and oxygen atoms in total. The van der Waals surface area contributed by atoms with Crippen molar-refractivity contribution in [2.75, 3.05) is 4.90 Å². The van der Waals surface area contributed by atoms with Crippen molar-refractivity contribution in [1.29, 1.82) is 0 Å². The summed E-state index contributed by atoms with van der Waals surface area (Å²) in [5.74, 6) is 0.785. The van der Waals surface area contributed by atoms with Crippen LogP contribution in [0.3, 0.4) is 0 Å². The minimum atomic E-state index is -0.211. The molecule has 1 amide bonds. The van der Waals surface area contributed by atoms with E-state index >= 15 is 0 Å². The number of hydrogen-bond acceptors (Lipinski definition) is 3. The maximum atomic E-state index is 13.0. The van der Waals surface area contributed by atoms with Crippen molar-refractivity contribution in [3.8, 4) is 11.1 Å². The molecule has 2 heterocycles. The number of H-pyrrole nitrogens is 1. The summed E-state index contributed by atoms with van der Waals surface area (Å²) in [6, 6.07) is 21.3. The summed E-state index contributed by atoms with van der Waals surface area (Å²) >= 11 is 0. The van der Waals surface area contributed by atoms with Crippen molar-refractivity contribution in [3.05, 3.63) is 97.0 Å². The van der Waals surface area contributed by atoms with E-state index in [0.717, 1.165) is 16.8 Å². The van der Waals surface area contributed by atoms with Crippen LogP contribution in [0.4, 0.5) is 5.69 Å². The van der Waals surface area contributed by atoms with Crippen molar-refractivity contribution in [3.63, 3.8) is 0 Å². The highest BCUT2D eigenvalue weighted by molar-refractivity contribution is 6.04. The van der Waals surface area contributed by atoms with Crippen LogP contribution in [0.2, 0.25) is 0 Å². The smallest absolute Gasteiger partial charge is 0.294 e. The molecule has 0 fully saturated rings. The maximum Gasteiger partial charge on any atom is 0.294 e. The van der Waals surface area contributed by atoms with Crippen LogP contribution >= 0.6 is 0 Å². The molecule has 0 aliphatic rings. The fraction of sp³-hybridized carbons (Fsp3) is 0.0476. The number of hydrogen-bond donors (Lipinski definition) is 1. The van der Waals surface area contributed by atoms with Crippen LogP contribution in [0.15, 0.2) is 89.8 Å². The molecule has 1 N–H and O–H groups in total. The van der Waals surface area contributed by atoms with Crippen LogP contribution in [0.5, 0.6) is 0 Å². The number of furan rings is 1. The van der Waals surface area contributed by atoms with E-state index in [4.69, 9.17) is 4.42 Å². The second kappa shape index (κ2) is 7.11. The molecule has 4 aromatic rings. The third-order valence-electron chi connectivity index (χ3n) is 4.10. The summed E-state index contributed by atoms with van der Waals surface area (Å²) in [6.45, 7) is 0.324. The van der Waals surface area contributed by atoms with Crippen LogP contribution in [0.1, 0.15) is 16.4 Å². The molecule has 0 spiro atoms. The van der Waals surface area contributed by atoms with Gasteiger partial charge in [-0.15, -0.1) is 0 Å². The lowest BCUT2D eigenvalue weighted by Gasteiger charge is -2.21. The van der Waals surface area contributed by atoms with E-state index in [2.05, 4.69) is 9.97 Å². The molecule has 0 unspecified atom stereocenters. The first-order valence-electron chi connectivity index (χ1n) is 8.30. The Morgan fingerprint density at radius 2 is 1.85 bits per heavy atom. The van der Waals surface area contributed by atoms with Crippen molar-refractivity contribution in [2.24, 2.45) is 0 Å². The number of imidazole rings is 1. The average molecular weight is 343 g/mol. The van der Waals surface area contributed by atoms with Gasteiger partial charge in [0.2, 0.25) is 0 Å². The number of amides is 1. The maximum absolute atomic E-state index is 13.0.